The molecule has 1 fully saturated rings. The van der Waals surface area contributed by atoms with Crippen LogP contribution in [0.15, 0.2) is 54.1 Å². The van der Waals surface area contributed by atoms with Crippen LogP contribution in [0.4, 0.5) is 5.82 Å². The molecule has 1 amide bonds. The van der Waals surface area contributed by atoms with Gasteiger partial charge in [-0.3, -0.25) is 9.36 Å². The number of aromatic nitrogens is 4. The first-order chi connectivity index (χ1) is 15.2. The second kappa shape index (κ2) is 9.81. The lowest BCUT2D eigenvalue weighted by Crippen LogP contribution is -2.36. The van der Waals surface area contributed by atoms with Crippen LogP contribution < -0.4 is 4.90 Å². The average Bonchev–Trinajstić information content (AvgIpc) is 3.13. The largest absolute Gasteiger partial charge is 0.354 e. The van der Waals surface area contributed by atoms with Crippen LogP contribution in [0, 0.1) is 11.3 Å². The van der Waals surface area contributed by atoms with E-state index in [0.29, 0.717) is 41.2 Å². The van der Waals surface area contributed by atoms with Crippen molar-refractivity contribution in [1.82, 2.24) is 24.6 Å². The van der Waals surface area contributed by atoms with Crippen LogP contribution in [0.5, 0.6) is 0 Å². The molecule has 0 spiro atoms. The zero-order valence-electron chi connectivity index (χ0n) is 16.7. The summed E-state index contributed by atoms with van der Waals surface area (Å²) in [7, 11) is 0. The molecule has 10 heteroatoms. The van der Waals surface area contributed by atoms with Crippen molar-refractivity contribution in [1.29, 1.82) is 5.26 Å². The summed E-state index contributed by atoms with van der Waals surface area (Å²) in [6, 6.07) is 13.1. The maximum Gasteiger partial charge on any atom is 0.233 e. The lowest BCUT2D eigenvalue weighted by atomic mass is 10.2. The number of hydrogen-bond donors (Lipinski definition) is 0. The number of amides is 1. The number of carbonyl (C=O) groups is 1. The number of pyridine rings is 1. The zero-order valence-corrected chi connectivity index (χ0v) is 18.3. The van der Waals surface area contributed by atoms with Gasteiger partial charge in [0.1, 0.15) is 18.2 Å². The molecule has 0 radical (unpaired) electrons. The van der Waals surface area contributed by atoms with E-state index in [2.05, 4.69) is 26.2 Å². The number of thioether (sulfide) groups is 1. The minimum atomic E-state index is 0.0500. The molecule has 1 aromatic carbocycles. The first-order valence-corrected chi connectivity index (χ1v) is 11.2. The molecule has 0 atom stereocenters. The SMILES string of the molecule is N#Cc1cccnc1N1CCCN(C(=O)CSc2nncn2-c2cccc(Cl)c2)CC1. The summed E-state index contributed by atoms with van der Waals surface area (Å²) in [6.45, 7) is 2.65. The minimum absolute atomic E-state index is 0.0500. The number of benzene rings is 1. The van der Waals surface area contributed by atoms with E-state index >= 15 is 0 Å². The normalized spacial score (nSPS) is 14.2. The third-order valence-electron chi connectivity index (χ3n) is 4.98. The minimum Gasteiger partial charge on any atom is -0.354 e. The van der Waals surface area contributed by atoms with Crippen molar-refractivity contribution in [2.24, 2.45) is 0 Å². The van der Waals surface area contributed by atoms with E-state index in [1.807, 2.05) is 27.7 Å². The van der Waals surface area contributed by atoms with Gasteiger partial charge >= 0.3 is 0 Å². The maximum absolute atomic E-state index is 12.9. The van der Waals surface area contributed by atoms with Crippen molar-refractivity contribution in [3.63, 3.8) is 0 Å². The fraction of sp³-hybridized carbons (Fsp3) is 0.286. The van der Waals surface area contributed by atoms with Crippen LogP contribution in [0.1, 0.15) is 12.0 Å². The first-order valence-electron chi connectivity index (χ1n) is 9.82. The standard InChI is InChI=1S/C21H20ClN7OS/c22-17-5-1-6-18(12-17)29-15-25-26-21(29)31-14-19(30)27-8-3-9-28(11-10-27)20-16(13-23)4-2-7-24-20/h1-2,4-7,12,15H,3,8-11,14H2. The molecule has 31 heavy (non-hydrogen) atoms. The van der Waals surface area contributed by atoms with Gasteiger partial charge in [0.2, 0.25) is 5.91 Å². The summed E-state index contributed by atoms with van der Waals surface area (Å²) in [5.74, 6) is 1.00. The molecule has 0 saturated carbocycles. The van der Waals surface area contributed by atoms with Crippen molar-refractivity contribution in [2.75, 3.05) is 36.8 Å². The van der Waals surface area contributed by atoms with Crippen molar-refractivity contribution >= 4 is 35.1 Å². The molecule has 158 valence electrons. The van der Waals surface area contributed by atoms with Crippen molar-refractivity contribution in [3.8, 4) is 11.8 Å². The molecular formula is C21H20ClN7OS. The highest BCUT2D eigenvalue weighted by Gasteiger charge is 2.22. The highest BCUT2D eigenvalue weighted by atomic mass is 35.5. The molecule has 1 aliphatic heterocycles. The van der Waals surface area contributed by atoms with E-state index in [-0.39, 0.29) is 11.7 Å². The van der Waals surface area contributed by atoms with E-state index in [1.54, 1.807) is 30.7 Å². The van der Waals surface area contributed by atoms with Crippen molar-refractivity contribution in [3.05, 3.63) is 59.5 Å². The highest BCUT2D eigenvalue weighted by Crippen LogP contribution is 2.23. The van der Waals surface area contributed by atoms with Crippen molar-refractivity contribution < 1.29 is 4.79 Å². The number of halogens is 1. The zero-order chi connectivity index (χ0) is 21.6. The number of anilines is 1. The van der Waals surface area contributed by atoms with Crippen LogP contribution in [0.2, 0.25) is 5.02 Å². The average molecular weight is 454 g/mol. The summed E-state index contributed by atoms with van der Waals surface area (Å²) < 4.78 is 1.82. The molecule has 1 aliphatic rings. The second-order valence-electron chi connectivity index (χ2n) is 6.96. The van der Waals surface area contributed by atoms with Crippen LogP contribution in [-0.2, 0) is 4.79 Å². The smallest absolute Gasteiger partial charge is 0.233 e. The lowest BCUT2D eigenvalue weighted by Gasteiger charge is -2.23. The summed E-state index contributed by atoms with van der Waals surface area (Å²) in [4.78, 5) is 21.2. The van der Waals surface area contributed by atoms with Crippen molar-refractivity contribution in [2.45, 2.75) is 11.6 Å². The van der Waals surface area contributed by atoms with Gasteiger partial charge in [-0.25, -0.2) is 4.98 Å². The molecule has 0 unspecified atom stereocenters. The van der Waals surface area contributed by atoms with Crippen LogP contribution in [0.3, 0.4) is 0 Å². The first kappa shape index (κ1) is 21.2. The molecule has 0 N–H and O–H groups in total. The van der Waals surface area contributed by atoms with Gasteiger partial charge in [-0.1, -0.05) is 29.4 Å². The molecule has 3 heterocycles. The quantitative estimate of drug-likeness (QED) is 0.548. The Hall–Kier alpha value is -3.09. The fourth-order valence-corrected chi connectivity index (χ4v) is 4.47. The number of rotatable bonds is 5. The molecule has 0 aliphatic carbocycles. The van der Waals surface area contributed by atoms with Gasteiger partial charge < -0.3 is 9.80 Å². The van der Waals surface area contributed by atoms with Gasteiger partial charge in [-0.15, -0.1) is 10.2 Å². The molecule has 2 aromatic heterocycles. The Morgan fingerprint density at radius 3 is 2.94 bits per heavy atom. The monoisotopic (exact) mass is 453 g/mol. The Labute approximate surface area is 189 Å². The molecule has 8 nitrogen and oxygen atoms in total. The Morgan fingerprint density at radius 1 is 1.19 bits per heavy atom. The Morgan fingerprint density at radius 2 is 2.10 bits per heavy atom. The molecule has 1 saturated heterocycles. The van der Waals surface area contributed by atoms with Gasteiger partial charge in [0.15, 0.2) is 5.16 Å². The highest BCUT2D eigenvalue weighted by molar-refractivity contribution is 7.99. The predicted octanol–water partition coefficient (Wildman–Crippen LogP) is 3.02. The van der Waals surface area contributed by atoms with E-state index < -0.39 is 0 Å². The summed E-state index contributed by atoms with van der Waals surface area (Å²) >= 11 is 7.44. The number of nitrogens with zero attached hydrogens (tertiary/aromatic N) is 7. The van der Waals surface area contributed by atoms with Crippen LogP contribution in [-0.4, -0.2) is 62.5 Å². The Kier molecular flexibility index (Phi) is 6.70. The summed E-state index contributed by atoms with van der Waals surface area (Å²) in [5.41, 5.74) is 1.40. The second-order valence-corrected chi connectivity index (χ2v) is 8.34. The molecular weight excluding hydrogens is 434 g/mol. The molecule has 0 bridgehead atoms. The number of nitriles is 1. The molecule has 4 rings (SSSR count). The van der Waals surface area contributed by atoms with E-state index in [0.717, 1.165) is 18.7 Å². The van der Waals surface area contributed by atoms with Crippen LogP contribution >= 0.6 is 23.4 Å². The van der Waals surface area contributed by atoms with E-state index in [9.17, 15) is 10.1 Å². The Bertz CT molecular complexity index is 1110. The fourth-order valence-electron chi connectivity index (χ4n) is 3.46. The number of carbonyl (C=O) groups excluding carboxylic acids is 1. The third kappa shape index (κ3) is 4.98. The van der Waals surface area contributed by atoms with E-state index in [4.69, 9.17) is 11.6 Å². The summed E-state index contributed by atoms with van der Waals surface area (Å²) in [6.07, 6.45) is 4.12. The maximum atomic E-state index is 12.9. The lowest BCUT2D eigenvalue weighted by molar-refractivity contribution is -0.128. The molecule has 3 aromatic rings. The van der Waals surface area contributed by atoms with Gasteiger partial charge in [0.05, 0.1) is 17.0 Å². The predicted molar refractivity (Wildman–Crippen MR) is 119 cm³/mol. The van der Waals surface area contributed by atoms with Crippen LogP contribution in [0.25, 0.3) is 5.69 Å². The topological polar surface area (TPSA) is 90.9 Å². The van der Waals surface area contributed by atoms with Gasteiger partial charge in [0.25, 0.3) is 0 Å². The number of hydrogen-bond acceptors (Lipinski definition) is 7. The van der Waals surface area contributed by atoms with Gasteiger partial charge in [0, 0.05) is 37.4 Å². The summed E-state index contributed by atoms with van der Waals surface area (Å²) in [5, 5.41) is 18.7. The van der Waals surface area contributed by atoms with E-state index in [1.165, 1.54) is 11.8 Å². The van der Waals surface area contributed by atoms with Gasteiger partial charge in [-0.05, 0) is 36.8 Å². The third-order valence-corrected chi connectivity index (χ3v) is 6.15. The van der Waals surface area contributed by atoms with Gasteiger partial charge in [-0.2, -0.15) is 5.26 Å². The Balaban J connectivity index is 1.37.